The number of carbonyl (C=O) groups excluding carboxylic acids is 1. The second-order valence-corrected chi connectivity index (χ2v) is 8.34. The quantitative estimate of drug-likeness (QED) is 0.633. The van der Waals surface area contributed by atoms with Gasteiger partial charge in [0.05, 0.1) is 17.1 Å². The summed E-state index contributed by atoms with van der Waals surface area (Å²) in [5.74, 6) is 0.765. The molecule has 29 heavy (non-hydrogen) atoms. The second kappa shape index (κ2) is 7.37. The summed E-state index contributed by atoms with van der Waals surface area (Å²) < 4.78 is 43.6. The lowest BCUT2D eigenvalue weighted by molar-refractivity contribution is -0.152. The zero-order chi connectivity index (χ0) is 20.8. The Balaban J connectivity index is 1.36. The van der Waals surface area contributed by atoms with Gasteiger partial charge < -0.3 is 14.6 Å². The number of aryl methyl sites for hydroxylation is 1. The van der Waals surface area contributed by atoms with Crippen molar-refractivity contribution in [1.82, 2.24) is 14.9 Å². The largest absolute Gasteiger partial charge is 0.475 e. The van der Waals surface area contributed by atoms with Crippen LogP contribution in [0, 0.1) is 5.92 Å². The predicted octanol–water partition coefficient (Wildman–Crippen LogP) is 4.56. The molecule has 1 aliphatic rings. The Morgan fingerprint density at radius 2 is 2.10 bits per heavy atom. The number of nitrogens with one attached hydrogen (secondary N) is 1. The lowest BCUT2D eigenvalue weighted by Gasteiger charge is -2.12. The van der Waals surface area contributed by atoms with E-state index in [1.165, 1.54) is 6.07 Å². The maximum absolute atomic E-state index is 12.6. The highest BCUT2D eigenvalue weighted by Crippen LogP contribution is 2.48. The number of amides is 1. The van der Waals surface area contributed by atoms with Crippen molar-refractivity contribution in [2.75, 3.05) is 6.61 Å². The molecule has 0 aliphatic heterocycles. The van der Waals surface area contributed by atoms with Gasteiger partial charge in [0.1, 0.15) is 5.82 Å². The molecule has 2 unspecified atom stereocenters. The van der Waals surface area contributed by atoms with E-state index < -0.39 is 12.8 Å². The third-order valence-corrected chi connectivity index (χ3v) is 6.23. The van der Waals surface area contributed by atoms with Gasteiger partial charge in [-0.3, -0.25) is 4.79 Å². The van der Waals surface area contributed by atoms with Gasteiger partial charge in [0.15, 0.2) is 11.7 Å². The molecule has 9 heteroatoms. The molecule has 2 heterocycles. The van der Waals surface area contributed by atoms with Crippen LogP contribution in [0.4, 0.5) is 13.2 Å². The Labute approximate surface area is 169 Å². The van der Waals surface area contributed by atoms with Crippen molar-refractivity contribution < 1.29 is 22.7 Å². The number of hydrogen-bond donors (Lipinski definition) is 1. The second-order valence-electron chi connectivity index (χ2n) is 7.26. The number of carbonyl (C=O) groups is 1. The molecular formula is C20H20F3N3O2S. The van der Waals surface area contributed by atoms with E-state index in [4.69, 9.17) is 4.74 Å². The van der Waals surface area contributed by atoms with Crippen molar-refractivity contribution in [3.8, 4) is 5.06 Å². The summed E-state index contributed by atoms with van der Waals surface area (Å²) in [6.45, 7) is 0.485. The van der Waals surface area contributed by atoms with E-state index in [1.54, 1.807) is 6.07 Å². The summed E-state index contributed by atoms with van der Waals surface area (Å²) in [5.41, 5.74) is 1.95. The fourth-order valence-electron chi connectivity index (χ4n) is 3.46. The maximum atomic E-state index is 12.6. The molecule has 0 spiro atoms. The van der Waals surface area contributed by atoms with Crippen LogP contribution in [-0.4, -0.2) is 28.2 Å². The lowest BCUT2D eigenvalue weighted by Crippen LogP contribution is -2.28. The molecule has 1 saturated carbocycles. The number of halogens is 3. The number of nitrogens with zero attached hydrogens (tertiary/aromatic N) is 2. The summed E-state index contributed by atoms with van der Waals surface area (Å²) in [6, 6.07) is 10.7. The van der Waals surface area contributed by atoms with Crippen molar-refractivity contribution in [2.45, 2.75) is 31.5 Å². The summed E-state index contributed by atoms with van der Waals surface area (Å²) >= 11 is 1.10. The topological polar surface area (TPSA) is 56.2 Å². The van der Waals surface area contributed by atoms with Gasteiger partial charge in [-0.15, -0.1) is 11.3 Å². The molecule has 4 rings (SSSR count). The zero-order valence-corrected chi connectivity index (χ0v) is 16.7. The molecule has 1 amide bonds. The Bertz CT molecular complexity index is 1040. The number of thiophene rings is 1. The van der Waals surface area contributed by atoms with Crippen LogP contribution >= 0.6 is 11.3 Å². The minimum absolute atomic E-state index is 0.0688. The number of alkyl halides is 3. The van der Waals surface area contributed by atoms with Gasteiger partial charge in [-0.1, -0.05) is 12.1 Å². The van der Waals surface area contributed by atoms with Crippen LogP contribution in [0.2, 0.25) is 0 Å². The number of ether oxygens (including phenoxy) is 1. The zero-order valence-electron chi connectivity index (χ0n) is 15.9. The van der Waals surface area contributed by atoms with Crippen molar-refractivity contribution in [3.05, 3.63) is 47.1 Å². The van der Waals surface area contributed by atoms with E-state index in [2.05, 4.69) is 10.3 Å². The van der Waals surface area contributed by atoms with E-state index in [-0.39, 0.29) is 28.8 Å². The minimum atomic E-state index is -4.37. The fourth-order valence-corrected chi connectivity index (χ4v) is 4.31. The molecule has 1 aliphatic carbocycles. The predicted molar refractivity (Wildman–Crippen MR) is 104 cm³/mol. The highest BCUT2D eigenvalue weighted by Gasteiger charge is 2.47. The molecule has 3 aromatic rings. The third kappa shape index (κ3) is 4.24. The molecule has 5 nitrogen and oxygen atoms in total. The SMILES string of the molecule is C[C@@H](NC(=O)C1CC1c1nc2ccccc2n1C)c1ccc(OCC(F)(F)F)s1. The van der Waals surface area contributed by atoms with E-state index in [0.717, 1.165) is 39.5 Å². The Kier molecular flexibility index (Phi) is 5.02. The van der Waals surface area contributed by atoms with Crippen LogP contribution in [0.15, 0.2) is 36.4 Å². The minimum Gasteiger partial charge on any atom is -0.475 e. The summed E-state index contributed by atoms with van der Waals surface area (Å²) in [5, 5.41) is 3.14. The monoisotopic (exact) mass is 423 g/mol. The van der Waals surface area contributed by atoms with E-state index in [0.29, 0.717) is 0 Å². The van der Waals surface area contributed by atoms with Crippen LogP contribution in [0.1, 0.15) is 36.0 Å². The fraction of sp³-hybridized carbons (Fsp3) is 0.400. The number of rotatable bonds is 6. The molecule has 154 valence electrons. The van der Waals surface area contributed by atoms with Crippen molar-refractivity contribution in [2.24, 2.45) is 13.0 Å². The molecule has 3 atom stereocenters. The summed E-state index contributed by atoms with van der Waals surface area (Å²) in [6.07, 6.45) is -3.64. The van der Waals surface area contributed by atoms with Gasteiger partial charge in [-0.05, 0) is 37.6 Å². The van der Waals surface area contributed by atoms with Gasteiger partial charge in [0.2, 0.25) is 5.91 Å². The molecule has 1 fully saturated rings. The van der Waals surface area contributed by atoms with Crippen LogP contribution in [0.25, 0.3) is 11.0 Å². The number of imidazole rings is 1. The third-order valence-electron chi connectivity index (χ3n) is 5.05. The molecule has 2 aromatic heterocycles. The molecular weight excluding hydrogens is 403 g/mol. The summed E-state index contributed by atoms with van der Waals surface area (Å²) in [7, 11) is 1.95. The molecule has 0 radical (unpaired) electrons. The van der Waals surface area contributed by atoms with Gasteiger partial charge in [0.25, 0.3) is 0 Å². The van der Waals surface area contributed by atoms with Crippen LogP contribution in [-0.2, 0) is 11.8 Å². The van der Waals surface area contributed by atoms with E-state index in [1.807, 2.05) is 42.8 Å². The molecule has 0 bridgehead atoms. The van der Waals surface area contributed by atoms with Crippen molar-refractivity contribution >= 4 is 28.3 Å². The first-order valence-corrected chi connectivity index (χ1v) is 10.1. The highest BCUT2D eigenvalue weighted by molar-refractivity contribution is 7.13. The van der Waals surface area contributed by atoms with Crippen molar-refractivity contribution in [1.29, 1.82) is 0 Å². The molecule has 1 aromatic carbocycles. The van der Waals surface area contributed by atoms with E-state index >= 15 is 0 Å². The molecule has 0 saturated heterocycles. The standard InChI is InChI=1S/C20H20F3N3O2S/c1-11(16-7-8-17(29-16)28-10-20(21,22)23)24-19(27)13-9-12(13)18-25-14-5-3-4-6-15(14)26(18)2/h3-8,11-13H,9-10H2,1-2H3,(H,24,27)/t11-,12?,13?/m1/s1. The first-order chi connectivity index (χ1) is 13.7. The van der Waals surface area contributed by atoms with Gasteiger partial charge >= 0.3 is 6.18 Å². The van der Waals surface area contributed by atoms with Gasteiger partial charge in [-0.25, -0.2) is 4.98 Å². The first kappa shape index (κ1) is 19.8. The van der Waals surface area contributed by atoms with Crippen LogP contribution < -0.4 is 10.1 Å². The average Bonchev–Trinajstić information content (AvgIpc) is 3.18. The smallest absolute Gasteiger partial charge is 0.422 e. The van der Waals surface area contributed by atoms with E-state index in [9.17, 15) is 18.0 Å². The average molecular weight is 423 g/mol. The maximum Gasteiger partial charge on any atom is 0.422 e. The summed E-state index contributed by atoms with van der Waals surface area (Å²) in [4.78, 5) is 18.0. The highest BCUT2D eigenvalue weighted by atomic mass is 32.1. The van der Waals surface area contributed by atoms with Gasteiger partial charge in [0, 0.05) is 23.8 Å². The number of fused-ring (bicyclic) bond motifs is 1. The number of hydrogen-bond acceptors (Lipinski definition) is 4. The normalized spacial score (nSPS) is 19.9. The molecule has 1 N–H and O–H groups in total. The lowest BCUT2D eigenvalue weighted by atomic mass is 10.2. The first-order valence-electron chi connectivity index (χ1n) is 9.24. The Morgan fingerprint density at radius 3 is 2.83 bits per heavy atom. The Hall–Kier alpha value is -2.55. The number of aromatic nitrogens is 2. The van der Waals surface area contributed by atoms with Gasteiger partial charge in [-0.2, -0.15) is 13.2 Å². The van der Waals surface area contributed by atoms with Crippen molar-refractivity contribution in [3.63, 3.8) is 0 Å². The van der Waals surface area contributed by atoms with Crippen LogP contribution in [0.3, 0.4) is 0 Å². The van der Waals surface area contributed by atoms with Crippen LogP contribution in [0.5, 0.6) is 5.06 Å². The number of para-hydroxylation sites is 2. The number of benzene rings is 1. The Morgan fingerprint density at radius 1 is 1.34 bits per heavy atom.